The first-order valence-electron chi connectivity index (χ1n) is 9.94. The summed E-state index contributed by atoms with van der Waals surface area (Å²) < 4.78 is 5.78. The summed E-state index contributed by atoms with van der Waals surface area (Å²) in [5, 5.41) is 25.7. The number of ketones is 1. The fourth-order valence-corrected chi connectivity index (χ4v) is 5.66. The number of benzene rings is 1. The average molecular weight is 397 g/mol. The molecule has 1 saturated carbocycles. The molecule has 2 N–H and O–H groups in total. The number of hydrogen-bond acceptors (Lipinski definition) is 7. The minimum absolute atomic E-state index is 0.0563. The normalized spacial score (nSPS) is 42.9. The van der Waals surface area contributed by atoms with E-state index in [2.05, 4.69) is 5.16 Å². The molecule has 2 fully saturated rings. The molecule has 6 atom stereocenters. The van der Waals surface area contributed by atoms with Gasteiger partial charge in [-0.1, -0.05) is 24.2 Å². The van der Waals surface area contributed by atoms with Gasteiger partial charge in [-0.05, 0) is 50.0 Å². The number of phenols is 1. The van der Waals surface area contributed by atoms with Gasteiger partial charge in [0.25, 0.3) is 0 Å². The summed E-state index contributed by atoms with van der Waals surface area (Å²) in [6, 6.07) is 6.75. The van der Waals surface area contributed by atoms with Gasteiger partial charge < -0.3 is 19.8 Å². The molecule has 1 saturated heterocycles. The zero-order valence-corrected chi connectivity index (χ0v) is 16.3. The molecule has 5 rings (SSSR count). The number of oxime groups is 1. The van der Waals surface area contributed by atoms with Crippen molar-refractivity contribution in [1.29, 1.82) is 0 Å². The highest BCUT2D eigenvalue weighted by atomic mass is 16.7. The largest absolute Gasteiger partial charge is 0.507 e. The number of fused-ring (bicyclic) bond motifs is 4. The van der Waals surface area contributed by atoms with Crippen LogP contribution in [0.25, 0.3) is 0 Å². The lowest BCUT2D eigenvalue weighted by Gasteiger charge is -2.43. The number of hydrogen-bond donors (Lipinski definition) is 2. The zero-order chi connectivity index (χ0) is 20.6. The maximum absolute atomic E-state index is 13.1. The van der Waals surface area contributed by atoms with E-state index >= 15 is 0 Å². The van der Waals surface area contributed by atoms with Crippen molar-refractivity contribution >= 4 is 17.5 Å². The first-order valence-corrected chi connectivity index (χ1v) is 9.94. The van der Waals surface area contributed by atoms with Gasteiger partial charge in [-0.15, -0.1) is 0 Å². The SMILES string of the molecule is C[C@H]1CCC2C(OC(=O)C23CC(c2ccccc2O)=NO3)[C@]2(C)C(=O)C=C[C@@]12O. The van der Waals surface area contributed by atoms with Crippen LogP contribution in [0.2, 0.25) is 0 Å². The van der Waals surface area contributed by atoms with E-state index in [1.807, 2.05) is 6.92 Å². The monoisotopic (exact) mass is 397 g/mol. The molecule has 29 heavy (non-hydrogen) atoms. The van der Waals surface area contributed by atoms with Crippen molar-refractivity contribution in [3.8, 4) is 5.75 Å². The van der Waals surface area contributed by atoms with E-state index in [1.165, 1.54) is 6.08 Å². The van der Waals surface area contributed by atoms with Gasteiger partial charge in [-0.3, -0.25) is 4.79 Å². The summed E-state index contributed by atoms with van der Waals surface area (Å²) in [5.41, 5.74) is -3.03. The molecule has 1 aromatic rings. The molecule has 0 bridgehead atoms. The van der Waals surface area contributed by atoms with E-state index in [0.29, 0.717) is 24.1 Å². The predicted molar refractivity (Wildman–Crippen MR) is 102 cm³/mol. The molecular formula is C22H23NO6. The van der Waals surface area contributed by atoms with Crippen molar-refractivity contribution < 1.29 is 29.4 Å². The Hall–Kier alpha value is -2.67. The van der Waals surface area contributed by atoms with Gasteiger partial charge in [0.05, 0.1) is 11.6 Å². The van der Waals surface area contributed by atoms with Gasteiger partial charge in [0.2, 0.25) is 5.60 Å². The zero-order valence-electron chi connectivity index (χ0n) is 16.3. The minimum atomic E-state index is -1.38. The van der Waals surface area contributed by atoms with Crippen molar-refractivity contribution in [1.82, 2.24) is 0 Å². The fraction of sp³-hybridized carbons (Fsp3) is 0.500. The van der Waals surface area contributed by atoms with Crippen LogP contribution in [-0.4, -0.2) is 45.0 Å². The second kappa shape index (κ2) is 5.69. The summed E-state index contributed by atoms with van der Waals surface area (Å²) in [4.78, 5) is 31.7. The number of aliphatic hydroxyl groups is 1. The van der Waals surface area contributed by atoms with Crippen LogP contribution in [0, 0.1) is 17.3 Å². The van der Waals surface area contributed by atoms with E-state index in [1.54, 1.807) is 37.3 Å². The Morgan fingerprint density at radius 3 is 2.72 bits per heavy atom. The first-order chi connectivity index (χ1) is 13.7. The van der Waals surface area contributed by atoms with Crippen molar-refractivity contribution in [3.05, 3.63) is 42.0 Å². The van der Waals surface area contributed by atoms with Crippen molar-refractivity contribution in [2.24, 2.45) is 22.4 Å². The lowest BCUT2D eigenvalue weighted by atomic mass is 9.63. The molecule has 0 radical (unpaired) electrons. The lowest BCUT2D eigenvalue weighted by Crippen LogP contribution is -2.57. The van der Waals surface area contributed by atoms with Crippen molar-refractivity contribution in [2.75, 3.05) is 0 Å². The van der Waals surface area contributed by atoms with Crippen LogP contribution < -0.4 is 0 Å². The number of aromatic hydroxyl groups is 1. The van der Waals surface area contributed by atoms with Crippen LogP contribution in [-0.2, 0) is 19.2 Å². The standard InChI is InChI=1S/C22H23NO6/c1-12-7-8-14-18(20(2)17(25)9-10-22(12,20)27)28-19(26)21(14)11-15(23-29-21)13-5-3-4-6-16(13)24/h3-6,9-10,12,14,18,24,27H,7-8,11H2,1-2H3/t12-,14?,18?,20-,21?,22+/m0/s1. The van der Waals surface area contributed by atoms with E-state index in [9.17, 15) is 19.8 Å². The summed E-state index contributed by atoms with van der Waals surface area (Å²) in [7, 11) is 0. The van der Waals surface area contributed by atoms with Gasteiger partial charge in [0.15, 0.2) is 5.78 Å². The van der Waals surface area contributed by atoms with E-state index in [0.717, 1.165) is 0 Å². The number of nitrogens with zero attached hydrogens (tertiary/aromatic N) is 1. The van der Waals surface area contributed by atoms with E-state index in [4.69, 9.17) is 9.57 Å². The summed E-state index contributed by atoms with van der Waals surface area (Å²) in [6.07, 6.45) is 3.46. The highest BCUT2D eigenvalue weighted by molar-refractivity contribution is 6.07. The Balaban J connectivity index is 1.55. The topological polar surface area (TPSA) is 105 Å². The summed E-state index contributed by atoms with van der Waals surface area (Å²) >= 11 is 0. The van der Waals surface area contributed by atoms with E-state index in [-0.39, 0.29) is 23.9 Å². The number of para-hydroxylation sites is 1. The van der Waals surface area contributed by atoms with Crippen LogP contribution in [0.5, 0.6) is 5.75 Å². The van der Waals surface area contributed by atoms with E-state index < -0.39 is 34.6 Å². The van der Waals surface area contributed by atoms with Gasteiger partial charge in [-0.2, -0.15) is 0 Å². The van der Waals surface area contributed by atoms with Gasteiger partial charge in [0.1, 0.15) is 22.9 Å². The number of carbonyl (C=O) groups excluding carboxylic acids is 2. The third-order valence-corrected chi connectivity index (χ3v) is 7.57. The number of carbonyl (C=O) groups is 2. The number of phenolic OH excluding ortho intramolecular Hbond substituents is 1. The molecule has 1 spiro atoms. The number of allylic oxidation sites excluding steroid dienone is 1. The molecule has 0 aromatic heterocycles. The van der Waals surface area contributed by atoms with Crippen LogP contribution in [0.1, 0.15) is 38.7 Å². The quantitative estimate of drug-likeness (QED) is 0.703. The number of ether oxygens (including phenoxy) is 1. The van der Waals surface area contributed by atoms with Crippen molar-refractivity contribution in [3.63, 3.8) is 0 Å². The summed E-state index contributed by atoms with van der Waals surface area (Å²) in [6.45, 7) is 3.59. The molecule has 1 aromatic carbocycles. The Kier molecular flexibility index (Phi) is 3.60. The molecule has 2 heterocycles. The van der Waals surface area contributed by atoms with Gasteiger partial charge >= 0.3 is 5.97 Å². The molecule has 152 valence electrons. The third-order valence-electron chi connectivity index (χ3n) is 7.57. The lowest BCUT2D eigenvalue weighted by molar-refractivity contribution is -0.169. The highest BCUT2D eigenvalue weighted by Gasteiger charge is 2.73. The Bertz CT molecular complexity index is 985. The molecule has 7 nitrogen and oxygen atoms in total. The maximum atomic E-state index is 13.1. The van der Waals surface area contributed by atoms with Crippen LogP contribution in [0.4, 0.5) is 0 Å². The Morgan fingerprint density at radius 1 is 1.21 bits per heavy atom. The minimum Gasteiger partial charge on any atom is -0.507 e. The Labute approximate surface area is 168 Å². The second-order valence-electron chi connectivity index (χ2n) is 8.85. The van der Waals surface area contributed by atoms with Crippen molar-refractivity contribution in [2.45, 2.75) is 50.4 Å². The average Bonchev–Trinajstić information content (AvgIpc) is 3.31. The summed E-state index contributed by atoms with van der Waals surface area (Å²) in [5.74, 6) is -1.38. The van der Waals surface area contributed by atoms with Crippen LogP contribution in [0.3, 0.4) is 0 Å². The number of esters is 1. The molecular weight excluding hydrogens is 374 g/mol. The second-order valence-corrected chi connectivity index (χ2v) is 8.85. The third kappa shape index (κ3) is 2.08. The predicted octanol–water partition coefficient (Wildman–Crippen LogP) is 2.10. The smallest absolute Gasteiger partial charge is 0.354 e. The van der Waals surface area contributed by atoms with Gasteiger partial charge in [0, 0.05) is 12.0 Å². The number of rotatable bonds is 1. The molecule has 2 aliphatic carbocycles. The fourth-order valence-electron chi connectivity index (χ4n) is 5.66. The van der Waals surface area contributed by atoms with Gasteiger partial charge in [-0.25, -0.2) is 4.79 Å². The Morgan fingerprint density at radius 2 is 1.97 bits per heavy atom. The molecule has 0 amide bonds. The van der Waals surface area contributed by atoms with Crippen LogP contribution in [0.15, 0.2) is 41.6 Å². The molecule has 4 aliphatic rings. The molecule has 3 unspecified atom stereocenters. The first kappa shape index (κ1) is 18.4. The highest BCUT2D eigenvalue weighted by Crippen LogP contribution is 2.59. The van der Waals surface area contributed by atoms with Crippen LogP contribution >= 0.6 is 0 Å². The molecule has 2 aliphatic heterocycles. The maximum Gasteiger partial charge on any atom is 0.354 e. The molecule has 7 heteroatoms.